The van der Waals surface area contributed by atoms with E-state index in [0.717, 1.165) is 82.3 Å². The molecule has 2 N–H and O–H groups in total. The number of fused-ring (bicyclic) bond motifs is 1. The molecule has 0 unspecified atom stereocenters. The van der Waals surface area contributed by atoms with Gasteiger partial charge in [-0.3, -0.25) is 4.90 Å². The average Bonchev–Trinajstić information content (AvgIpc) is 2.93. The van der Waals surface area contributed by atoms with Crippen molar-refractivity contribution in [2.24, 2.45) is 0 Å². The maximum atomic E-state index is 6.06. The summed E-state index contributed by atoms with van der Waals surface area (Å²) in [5.74, 6) is 2.47. The summed E-state index contributed by atoms with van der Waals surface area (Å²) in [5.41, 5.74) is 8.46. The molecule has 2 aliphatic heterocycles. The third kappa shape index (κ3) is 3.83. The predicted octanol–water partition coefficient (Wildman–Crippen LogP) is 1.39. The lowest BCUT2D eigenvalue weighted by molar-refractivity contribution is 0.255. The van der Waals surface area contributed by atoms with E-state index in [0.29, 0.717) is 5.95 Å². The van der Waals surface area contributed by atoms with Crippen LogP contribution in [0.25, 0.3) is 0 Å². The number of likely N-dealkylation sites (N-methyl/N-ethyl adjacent to an activating group) is 1. The van der Waals surface area contributed by atoms with Gasteiger partial charge in [0.1, 0.15) is 11.6 Å². The molecule has 0 aliphatic carbocycles. The van der Waals surface area contributed by atoms with Crippen molar-refractivity contribution in [3.05, 3.63) is 35.4 Å². The van der Waals surface area contributed by atoms with Gasteiger partial charge in [-0.1, -0.05) is 0 Å². The standard InChI is InChI=1S/C19H28N6O/c1-23-7-3-8-25(12-11-23)18-16-5-9-24(14-15-4-2-13-26-15)10-6-17(16)21-19(20)22-18/h2,4,13H,3,5-12,14H2,1H3,(H2,20,21,22). The molecule has 1 saturated heterocycles. The first-order valence-electron chi connectivity index (χ1n) is 9.52. The van der Waals surface area contributed by atoms with Crippen LogP contribution >= 0.6 is 0 Å². The Kier molecular flexibility index (Phi) is 5.08. The fraction of sp³-hybridized carbons (Fsp3) is 0.579. The lowest BCUT2D eigenvalue weighted by Crippen LogP contribution is -2.31. The number of rotatable bonds is 3. The molecule has 1 fully saturated rings. The Hall–Kier alpha value is -2.12. The molecule has 4 rings (SSSR count). The van der Waals surface area contributed by atoms with Crippen LogP contribution in [-0.4, -0.2) is 66.1 Å². The first-order valence-corrected chi connectivity index (χ1v) is 9.52. The largest absolute Gasteiger partial charge is 0.468 e. The molecule has 7 nitrogen and oxygen atoms in total. The number of furan rings is 1. The highest BCUT2D eigenvalue weighted by Crippen LogP contribution is 2.26. The molecule has 0 amide bonds. The summed E-state index contributed by atoms with van der Waals surface area (Å²) in [6.45, 7) is 7.01. The Bertz CT molecular complexity index is 732. The molecular weight excluding hydrogens is 328 g/mol. The van der Waals surface area contributed by atoms with Gasteiger partial charge in [0.2, 0.25) is 5.95 Å². The van der Waals surface area contributed by atoms with Gasteiger partial charge in [0.15, 0.2) is 0 Å². The molecule has 2 aliphatic rings. The Balaban J connectivity index is 1.55. The Morgan fingerprint density at radius 3 is 2.81 bits per heavy atom. The zero-order chi connectivity index (χ0) is 17.9. The summed E-state index contributed by atoms with van der Waals surface area (Å²) in [4.78, 5) is 16.5. The monoisotopic (exact) mass is 356 g/mol. The van der Waals surface area contributed by atoms with E-state index in [1.807, 2.05) is 12.1 Å². The molecule has 0 aromatic carbocycles. The number of hydrogen-bond acceptors (Lipinski definition) is 7. The number of nitrogens with two attached hydrogens (primary N) is 1. The topological polar surface area (TPSA) is 74.7 Å². The van der Waals surface area contributed by atoms with Crippen molar-refractivity contribution in [2.45, 2.75) is 25.8 Å². The first kappa shape index (κ1) is 17.3. The lowest BCUT2D eigenvalue weighted by atomic mass is 10.1. The van der Waals surface area contributed by atoms with Crippen LogP contribution in [0, 0.1) is 0 Å². The number of nitrogen functional groups attached to an aromatic ring is 1. The van der Waals surface area contributed by atoms with Crippen LogP contribution < -0.4 is 10.6 Å². The minimum atomic E-state index is 0.399. The fourth-order valence-corrected chi connectivity index (χ4v) is 3.95. The summed E-state index contributed by atoms with van der Waals surface area (Å²) >= 11 is 0. The average molecular weight is 356 g/mol. The van der Waals surface area contributed by atoms with Crippen molar-refractivity contribution in [2.75, 3.05) is 56.9 Å². The van der Waals surface area contributed by atoms with E-state index < -0.39 is 0 Å². The van der Waals surface area contributed by atoms with Crippen LogP contribution in [0.4, 0.5) is 11.8 Å². The maximum Gasteiger partial charge on any atom is 0.222 e. The number of nitrogens with zero attached hydrogens (tertiary/aromatic N) is 5. The molecular formula is C19H28N6O. The Morgan fingerprint density at radius 1 is 1.08 bits per heavy atom. The molecule has 2 aromatic heterocycles. The summed E-state index contributed by atoms with van der Waals surface area (Å²) in [6, 6.07) is 3.98. The molecule has 26 heavy (non-hydrogen) atoms. The second-order valence-electron chi connectivity index (χ2n) is 7.33. The molecule has 4 heterocycles. The van der Waals surface area contributed by atoms with Crippen LogP contribution in [0.5, 0.6) is 0 Å². The van der Waals surface area contributed by atoms with Crippen molar-refractivity contribution in [3.8, 4) is 0 Å². The normalized spacial score (nSPS) is 19.8. The maximum absolute atomic E-state index is 6.06. The van der Waals surface area contributed by atoms with Crippen molar-refractivity contribution >= 4 is 11.8 Å². The smallest absolute Gasteiger partial charge is 0.222 e. The number of anilines is 2. The zero-order valence-electron chi connectivity index (χ0n) is 15.5. The fourth-order valence-electron chi connectivity index (χ4n) is 3.95. The third-order valence-corrected chi connectivity index (χ3v) is 5.41. The van der Waals surface area contributed by atoms with Gasteiger partial charge in [0.25, 0.3) is 0 Å². The van der Waals surface area contributed by atoms with E-state index in [4.69, 9.17) is 10.2 Å². The van der Waals surface area contributed by atoms with E-state index in [1.54, 1.807) is 6.26 Å². The van der Waals surface area contributed by atoms with Gasteiger partial charge in [-0.15, -0.1) is 0 Å². The van der Waals surface area contributed by atoms with Gasteiger partial charge >= 0.3 is 0 Å². The van der Waals surface area contributed by atoms with E-state index in [-0.39, 0.29) is 0 Å². The van der Waals surface area contributed by atoms with Crippen molar-refractivity contribution in [3.63, 3.8) is 0 Å². The van der Waals surface area contributed by atoms with Crippen LogP contribution in [0.3, 0.4) is 0 Å². The van der Waals surface area contributed by atoms with E-state index >= 15 is 0 Å². The summed E-state index contributed by atoms with van der Waals surface area (Å²) < 4.78 is 5.51. The predicted molar refractivity (Wildman–Crippen MR) is 102 cm³/mol. The quantitative estimate of drug-likeness (QED) is 0.891. The minimum Gasteiger partial charge on any atom is -0.468 e. The van der Waals surface area contributed by atoms with Crippen molar-refractivity contribution < 1.29 is 4.42 Å². The van der Waals surface area contributed by atoms with Crippen molar-refractivity contribution in [1.29, 1.82) is 0 Å². The molecule has 140 valence electrons. The number of hydrogen-bond donors (Lipinski definition) is 1. The molecule has 7 heteroatoms. The zero-order valence-corrected chi connectivity index (χ0v) is 15.5. The Morgan fingerprint density at radius 2 is 1.96 bits per heavy atom. The van der Waals surface area contributed by atoms with E-state index in [2.05, 4.69) is 31.7 Å². The molecule has 2 aromatic rings. The highest BCUT2D eigenvalue weighted by Gasteiger charge is 2.24. The summed E-state index contributed by atoms with van der Waals surface area (Å²) in [5, 5.41) is 0. The molecule has 0 atom stereocenters. The summed E-state index contributed by atoms with van der Waals surface area (Å²) in [6.07, 6.45) is 4.75. The van der Waals surface area contributed by atoms with Gasteiger partial charge in [-0.25, -0.2) is 4.98 Å². The van der Waals surface area contributed by atoms with Crippen LogP contribution in [0.15, 0.2) is 22.8 Å². The molecule has 0 spiro atoms. The minimum absolute atomic E-state index is 0.399. The second kappa shape index (κ2) is 7.63. The highest BCUT2D eigenvalue weighted by atomic mass is 16.3. The molecule has 0 saturated carbocycles. The van der Waals surface area contributed by atoms with Gasteiger partial charge in [-0.2, -0.15) is 4.98 Å². The van der Waals surface area contributed by atoms with Gasteiger partial charge < -0.3 is 20.0 Å². The van der Waals surface area contributed by atoms with E-state index in [1.165, 1.54) is 5.56 Å². The van der Waals surface area contributed by atoms with Crippen LogP contribution in [0.2, 0.25) is 0 Å². The highest BCUT2D eigenvalue weighted by molar-refractivity contribution is 5.53. The third-order valence-electron chi connectivity index (χ3n) is 5.41. The molecule has 0 bridgehead atoms. The van der Waals surface area contributed by atoms with Crippen molar-refractivity contribution in [1.82, 2.24) is 19.8 Å². The van der Waals surface area contributed by atoms with Gasteiger partial charge in [0, 0.05) is 44.7 Å². The molecule has 0 radical (unpaired) electrons. The van der Waals surface area contributed by atoms with Crippen LogP contribution in [-0.2, 0) is 19.4 Å². The second-order valence-corrected chi connectivity index (χ2v) is 7.33. The number of aromatic nitrogens is 2. The Labute approximate surface area is 154 Å². The van der Waals surface area contributed by atoms with Gasteiger partial charge in [-0.05, 0) is 38.6 Å². The van der Waals surface area contributed by atoms with Crippen LogP contribution in [0.1, 0.15) is 23.4 Å². The first-order chi connectivity index (χ1) is 12.7. The van der Waals surface area contributed by atoms with Gasteiger partial charge in [0.05, 0.1) is 18.5 Å². The SMILES string of the molecule is CN1CCCN(c2nc(N)nc3c2CCN(Cc2ccco2)CC3)CC1. The van der Waals surface area contributed by atoms with E-state index in [9.17, 15) is 0 Å². The lowest BCUT2D eigenvalue weighted by Gasteiger charge is -2.25. The summed E-state index contributed by atoms with van der Waals surface area (Å²) in [7, 11) is 2.19.